The molecule has 27 heavy (non-hydrogen) atoms. The minimum Gasteiger partial charge on any atom is -0.493 e. The van der Waals surface area contributed by atoms with E-state index in [9.17, 15) is 9.59 Å². The number of hydrogen-bond donors (Lipinski definition) is 3. The van der Waals surface area contributed by atoms with Crippen molar-refractivity contribution in [1.29, 1.82) is 0 Å². The van der Waals surface area contributed by atoms with Gasteiger partial charge in [0.05, 0.1) is 19.2 Å². The maximum atomic E-state index is 12.4. The Hall–Kier alpha value is -1.99. The van der Waals surface area contributed by atoms with Crippen molar-refractivity contribution in [2.45, 2.75) is 50.7 Å². The quantitative estimate of drug-likeness (QED) is 0.689. The van der Waals surface area contributed by atoms with E-state index in [4.69, 9.17) is 21.4 Å². The summed E-state index contributed by atoms with van der Waals surface area (Å²) in [5.41, 5.74) is 0.942. The molecule has 3 rings (SSSR count). The van der Waals surface area contributed by atoms with Gasteiger partial charge in [-0.2, -0.15) is 0 Å². The first-order valence-corrected chi connectivity index (χ1v) is 9.79. The van der Waals surface area contributed by atoms with Crippen molar-refractivity contribution in [3.63, 3.8) is 0 Å². The number of urea groups is 1. The summed E-state index contributed by atoms with van der Waals surface area (Å²) < 4.78 is 5.73. The Labute approximate surface area is 164 Å². The van der Waals surface area contributed by atoms with Crippen LogP contribution in [0.4, 0.5) is 4.79 Å². The summed E-state index contributed by atoms with van der Waals surface area (Å²) in [5, 5.41) is 15.6. The van der Waals surface area contributed by atoms with Crippen molar-refractivity contribution >= 4 is 23.6 Å². The number of halogens is 1. The number of fused-ring (bicyclic) bond motifs is 1. The van der Waals surface area contributed by atoms with Crippen LogP contribution in [-0.4, -0.2) is 53.8 Å². The Balaban J connectivity index is 1.51. The number of carbonyl (C=O) groups excluding carboxylic acids is 1. The van der Waals surface area contributed by atoms with Crippen LogP contribution in [0.2, 0.25) is 5.02 Å². The van der Waals surface area contributed by atoms with E-state index < -0.39 is 5.97 Å². The van der Waals surface area contributed by atoms with Gasteiger partial charge < -0.3 is 20.5 Å². The molecule has 0 radical (unpaired) electrons. The first kappa shape index (κ1) is 19.8. The molecule has 1 aliphatic carbocycles. The minimum absolute atomic E-state index is 0.0432. The van der Waals surface area contributed by atoms with E-state index >= 15 is 0 Å². The molecule has 148 valence electrons. The second-order valence-electron chi connectivity index (χ2n) is 7.12. The van der Waals surface area contributed by atoms with Gasteiger partial charge in [0.15, 0.2) is 0 Å². The Kier molecular flexibility index (Phi) is 6.44. The molecule has 1 saturated carbocycles. The molecule has 1 aliphatic heterocycles. The SMILES string of the molecule is CCN(CC(=O)O)C1CC(NC(=O)NC2CCCOc3cc(Cl)ccc32)C1. The maximum absolute atomic E-state index is 12.4. The number of benzene rings is 1. The lowest BCUT2D eigenvalue weighted by atomic mass is 9.85. The fourth-order valence-corrected chi connectivity index (χ4v) is 3.92. The van der Waals surface area contributed by atoms with Gasteiger partial charge in [-0.25, -0.2) is 4.79 Å². The van der Waals surface area contributed by atoms with Gasteiger partial charge >= 0.3 is 12.0 Å². The van der Waals surface area contributed by atoms with E-state index in [0.29, 0.717) is 18.2 Å². The highest BCUT2D eigenvalue weighted by Crippen LogP contribution is 2.33. The van der Waals surface area contributed by atoms with Crippen LogP contribution < -0.4 is 15.4 Å². The van der Waals surface area contributed by atoms with E-state index in [-0.39, 0.29) is 30.7 Å². The van der Waals surface area contributed by atoms with Gasteiger partial charge in [-0.3, -0.25) is 9.69 Å². The summed E-state index contributed by atoms with van der Waals surface area (Å²) in [6.07, 6.45) is 3.20. The highest BCUT2D eigenvalue weighted by Gasteiger charge is 2.35. The number of aliphatic carboxylic acids is 1. The summed E-state index contributed by atoms with van der Waals surface area (Å²) in [7, 11) is 0. The Bertz CT molecular complexity index is 694. The van der Waals surface area contributed by atoms with Crippen LogP contribution in [0, 0.1) is 0 Å². The van der Waals surface area contributed by atoms with Crippen LogP contribution in [0.25, 0.3) is 0 Å². The molecule has 1 aromatic carbocycles. The van der Waals surface area contributed by atoms with Crippen molar-refractivity contribution in [3.05, 3.63) is 28.8 Å². The molecule has 3 N–H and O–H groups in total. The third-order valence-electron chi connectivity index (χ3n) is 5.26. The summed E-state index contributed by atoms with van der Waals surface area (Å²) in [4.78, 5) is 25.3. The van der Waals surface area contributed by atoms with Crippen LogP contribution >= 0.6 is 11.6 Å². The third-order valence-corrected chi connectivity index (χ3v) is 5.50. The zero-order valence-corrected chi connectivity index (χ0v) is 16.2. The molecule has 7 nitrogen and oxygen atoms in total. The average Bonchev–Trinajstić information content (AvgIpc) is 2.77. The summed E-state index contributed by atoms with van der Waals surface area (Å²) in [6.45, 7) is 3.29. The van der Waals surface area contributed by atoms with E-state index in [2.05, 4.69) is 10.6 Å². The van der Waals surface area contributed by atoms with E-state index in [1.165, 1.54) is 0 Å². The largest absolute Gasteiger partial charge is 0.493 e. The number of ether oxygens (including phenoxy) is 1. The Morgan fingerprint density at radius 3 is 2.81 bits per heavy atom. The lowest BCUT2D eigenvalue weighted by Gasteiger charge is -2.42. The Morgan fingerprint density at radius 1 is 1.33 bits per heavy atom. The van der Waals surface area contributed by atoms with Crippen LogP contribution in [0.1, 0.15) is 44.2 Å². The monoisotopic (exact) mass is 395 g/mol. The molecule has 1 unspecified atom stereocenters. The average molecular weight is 396 g/mol. The Morgan fingerprint density at radius 2 is 2.11 bits per heavy atom. The predicted molar refractivity (Wildman–Crippen MR) is 102 cm³/mol. The number of hydrogen-bond acceptors (Lipinski definition) is 4. The van der Waals surface area contributed by atoms with Crippen molar-refractivity contribution in [3.8, 4) is 5.75 Å². The van der Waals surface area contributed by atoms with E-state index in [0.717, 1.165) is 37.0 Å². The molecule has 1 atom stereocenters. The number of amides is 2. The maximum Gasteiger partial charge on any atom is 0.317 e. The van der Waals surface area contributed by atoms with Crippen LogP contribution in [0.15, 0.2) is 18.2 Å². The second kappa shape index (κ2) is 8.80. The van der Waals surface area contributed by atoms with E-state index in [1.54, 1.807) is 12.1 Å². The fraction of sp³-hybridized carbons (Fsp3) is 0.579. The zero-order valence-electron chi connectivity index (χ0n) is 15.4. The van der Waals surface area contributed by atoms with Gasteiger partial charge in [0.2, 0.25) is 0 Å². The molecular formula is C19H26ClN3O4. The number of nitrogens with zero attached hydrogens (tertiary/aromatic N) is 1. The number of carboxylic acids is 1. The van der Waals surface area contributed by atoms with Crippen molar-refractivity contribution in [2.24, 2.45) is 0 Å². The van der Waals surface area contributed by atoms with Gasteiger partial charge in [0.1, 0.15) is 5.75 Å². The summed E-state index contributed by atoms with van der Waals surface area (Å²) >= 11 is 6.04. The molecule has 1 heterocycles. The molecular weight excluding hydrogens is 370 g/mol. The van der Waals surface area contributed by atoms with Gasteiger partial charge in [0, 0.05) is 22.7 Å². The number of nitrogens with one attached hydrogen (secondary N) is 2. The van der Waals surface area contributed by atoms with Gasteiger partial charge in [0.25, 0.3) is 0 Å². The first-order valence-electron chi connectivity index (χ1n) is 9.41. The molecule has 2 amide bonds. The standard InChI is InChI=1S/C19H26ClN3O4/c1-2-23(11-18(24)25)14-9-13(10-14)21-19(26)22-16-4-3-7-27-17-8-12(20)5-6-15(16)17/h5-6,8,13-14,16H,2-4,7,9-11H2,1H3,(H,24,25)(H2,21,22,26). The molecule has 0 saturated heterocycles. The smallest absolute Gasteiger partial charge is 0.317 e. The molecule has 0 aromatic heterocycles. The molecule has 1 aromatic rings. The summed E-state index contributed by atoms with van der Waals surface area (Å²) in [5.74, 6) is -0.0957. The number of rotatable bonds is 6. The molecule has 0 spiro atoms. The number of carboxylic acid groups (broad SMARTS) is 1. The van der Waals surface area contributed by atoms with Crippen molar-refractivity contribution in [2.75, 3.05) is 19.7 Å². The van der Waals surface area contributed by atoms with Gasteiger partial charge in [-0.15, -0.1) is 0 Å². The molecule has 8 heteroatoms. The van der Waals surface area contributed by atoms with Gasteiger partial charge in [-0.05, 0) is 44.4 Å². The second-order valence-corrected chi connectivity index (χ2v) is 7.56. The van der Waals surface area contributed by atoms with Gasteiger partial charge in [-0.1, -0.05) is 24.6 Å². The van der Waals surface area contributed by atoms with Crippen LogP contribution in [-0.2, 0) is 4.79 Å². The van der Waals surface area contributed by atoms with Crippen LogP contribution in [0.5, 0.6) is 5.75 Å². The fourth-order valence-electron chi connectivity index (χ4n) is 3.76. The zero-order chi connectivity index (χ0) is 19.4. The summed E-state index contributed by atoms with van der Waals surface area (Å²) in [6, 6.07) is 5.46. The predicted octanol–water partition coefficient (Wildman–Crippen LogP) is 2.79. The first-order chi connectivity index (χ1) is 13.0. The lowest BCUT2D eigenvalue weighted by Crippen LogP contribution is -2.56. The molecule has 0 bridgehead atoms. The number of likely N-dealkylation sites (N-methyl/N-ethyl adjacent to an activating group) is 1. The normalized spacial score (nSPS) is 24.2. The minimum atomic E-state index is -0.819. The third kappa shape index (κ3) is 5.05. The van der Waals surface area contributed by atoms with Crippen LogP contribution in [0.3, 0.4) is 0 Å². The van der Waals surface area contributed by atoms with Crippen molar-refractivity contribution in [1.82, 2.24) is 15.5 Å². The number of carbonyl (C=O) groups is 2. The highest BCUT2D eigenvalue weighted by atomic mass is 35.5. The van der Waals surface area contributed by atoms with Crippen molar-refractivity contribution < 1.29 is 19.4 Å². The lowest BCUT2D eigenvalue weighted by molar-refractivity contribution is -0.139. The van der Waals surface area contributed by atoms with E-state index in [1.807, 2.05) is 17.9 Å². The molecule has 1 fully saturated rings. The highest BCUT2D eigenvalue weighted by molar-refractivity contribution is 6.30. The molecule has 2 aliphatic rings. The topological polar surface area (TPSA) is 90.9 Å².